The van der Waals surface area contributed by atoms with Crippen LogP contribution < -0.4 is 10.6 Å². The fraction of sp³-hybridized carbons (Fsp3) is 0.929. The molecular weight excluding hydrogens is 228 g/mol. The molecule has 0 saturated heterocycles. The normalized spacial score (nSPS) is 26.6. The summed E-state index contributed by atoms with van der Waals surface area (Å²) in [5.74, 6) is 0.124. The lowest BCUT2D eigenvalue weighted by molar-refractivity contribution is -0.132. The van der Waals surface area contributed by atoms with Gasteiger partial charge in [-0.25, -0.2) is 0 Å². The molecular formula is C14H28N2O2. The molecule has 2 atom stereocenters. The van der Waals surface area contributed by atoms with Crippen molar-refractivity contribution in [1.82, 2.24) is 10.6 Å². The Balaban J connectivity index is 2.26. The van der Waals surface area contributed by atoms with Crippen LogP contribution in [0.5, 0.6) is 0 Å². The fourth-order valence-electron chi connectivity index (χ4n) is 2.35. The zero-order chi connectivity index (χ0) is 14.0. The van der Waals surface area contributed by atoms with Crippen LogP contribution in [-0.2, 0) is 9.53 Å². The van der Waals surface area contributed by atoms with Gasteiger partial charge >= 0.3 is 0 Å². The summed E-state index contributed by atoms with van der Waals surface area (Å²) in [5.41, 5.74) is 0.110. The Morgan fingerprint density at radius 2 is 2.00 bits per heavy atom. The molecule has 18 heavy (non-hydrogen) atoms. The van der Waals surface area contributed by atoms with Gasteiger partial charge in [0.2, 0.25) is 5.91 Å². The second-order valence-corrected chi connectivity index (χ2v) is 6.83. The van der Waals surface area contributed by atoms with Gasteiger partial charge in [-0.05, 0) is 27.2 Å². The van der Waals surface area contributed by atoms with E-state index in [0.29, 0.717) is 6.42 Å². The first-order chi connectivity index (χ1) is 8.16. The number of nitrogens with one attached hydrogen (secondary N) is 2. The van der Waals surface area contributed by atoms with Gasteiger partial charge in [0, 0.05) is 37.1 Å². The van der Waals surface area contributed by atoms with Crippen molar-refractivity contribution in [2.75, 3.05) is 13.7 Å². The van der Waals surface area contributed by atoms with E-state index in [-0.39, 0.29) is 29.0 Å². The highest BCUT2D eigenvalue weighted by Gasteiger charge is 2.49. The summed E-state index contributed by atoms with van der Waals surface area (Å²) in [6, 6.07) is 0.240. The third-order valence-electron chi connectivity index (χ3n) is 3.80. The predicted octanol–water partition coefficient (Wildman–Crippen LogP) is 1.69. The minimum atomic E-state index is 0.0435. The van der Waals surface area contributed by atoms with Gasteiger partial charge in [0.15, 0.2) is 0 Å². The lowest BCUT2D eigenvalue weighted by Crippen LogP contribution is -2.62. The molecule has 1 saturated carbocycles. The highest BCUT2D eigenvalue weighted by Crippen LogP contribution is 2.42. The highest BCUT2D eigenvalue weighted by atomic mass is 16.5. The van der Waals surface area contributed by atoms with Crippen LogP contribution in [-0.4, -0.2) is 37.2 Å². The Morgan fingerprint density at radius 1 is 1.39 bits per heavy atom. The van der Waals surface area contributed by atoms with Crippen molar-refractivity contribution in [1.29, 1.82) is 0 Å². The maximum absolute atomic E-state index is 11.8. The molecule has 1 aliphatic carbocycles. The SMILES string of the molecule is COC1CC(NC(=O)CCNC(C)(C)C)C1(C)C. The summed E-state index contributed by atoms with van der Waals surface area (Å²) in [4.78, 5) is 11.8. The van der Waals surface area contributed by atoms with Crippen LogP contribution in [0.4, 0.5) is 0 Å². The van der Waals surface area contributed by atoms with Crippen LogP contribution >= 0.6 is 0 Å². The minimum Gasteiger partial charge on any atom is -0.381 e. The molecule has 2 unspecified atom stereocenters. The number of carbonyl (C=O) groups excluding carboxylic acids is 1. The van der Waals surface area contributed by atoms with Crippen LogP contribution in [0.15, 0.2) is 0 Å². The summed E-state index contributed by atoms with van der Waals surface area (Å²) in [7, 11) is 1.73. The third kappa shape index (κ3) is 3.95. The number of methoxy groups -OCH3 is 1. The van der Waals surface area contributed by atoms with Gasteiger partial charge in [0.1, 0.15) is 0 Å². The standard InChI is InChI=1S/C14H28N2O2/c1-13(2,3)15-8-7-12(17)16-10-9-11(18-6)14(10,4)5/h10-11,15H,7-9H2,1-6H3,(H,16,17). The number of carbonyl (C=O) groups is 1. The maximum Gasteiger partial charge on any atom is 0.221 e. The molecule has 0 aliphatic heterocycles. The number of ether oxygens (including phenoxy) is 1. The summed E-state index contributed by atoms with van der Waals surface area (Å²) < 4.78 is 5.38. The van der Waals surface area contributed by atoms with Gasteiger partial charge in [-0.3, -0.25) is 4.79 Å². The van der Waals surface area contributed by atoms with Crippen LogP contribution in [0, 0.1) is 5.41 Å². The molecule has 0 aromatic carbocycles. The molecule has 1 aliphatic rings. The molecule has 0 bridgehead atoms. The molecule has 1 fully saturated rings. The summed E-state index contributed by atoms with van der Waals surface area (Å²) in [5, 5.41) is 6.42. The van der Waals surface area contributed by atoms with Gasteiger partial charge in [-0.1, -0.05) is 13.8 Å². The lowest BCUT2D eigenvalue weighted by atomic mass is 9.64. The average Bonchev–Trinajstić information content (AvgIpc) is 2.21. The zero-order valence-corrected chi connectivity index (χ0v) is 12.6. The van der Waals surface area contributed by atoms with Crippen molar-refractivity contribution < 1.29 is 9.53 Å². The van der Waals surface area contributed by atoms with Gasteiger partial charge in [0.25, 0.3) is 0 Å². The molecule has 0 radical (unpaired) electrons. The molecule has 2 N–H and O–H groups in total. The monoisotopic (exact) mass is 256 g/mol. The Morgan fingerprint density at radius 3 is 2.44 bits per heavy atom. The summed E-state index contributed by atoms with van der Waals surface area (Å²) in [6.45, 7) is 11.3. The average molecular weight is 256 g/mol. The van der Waals surface area contributed by atoms with E-state index < -0.39 is 0 Å². The number of hydrogen-bond acceptors (Lipinski definition) is 3. The molecule has 0 spiro atoms. The molecule has 0 heterocycles. The summed E-state index contributed by atoms with van der Waals surface area (Å²) in [6.07, 6.45) is 1.71. The maximum atomic E-state index is 11.8. The first-order valence-corrected chi connectivity index (χ1v) is 6.74. The van der Waals surface area contributed by atoms with E-state index in [1.807, 2.05) is 0 Å². The molecule has 1 rings (SSSR count). The second-order valence-electron chi connectivity index (χ2n) is 6.83. The number of hydrogen-bond donors (Lipinski definition) is 2. The van der Waals surface area contributed by atoms with Crippen molar-refractivity contribution in [3.63, 3.8) is 0 Å². The van der Waals surface area contributed by atoms with Gasteiger partial charge < -0.3 is 15.4 Å². The van der Waals surface area contributed by atoms with Crippen LogP contribution in [0.25, 0.3) is 0 Å². The first kappa shape index (κ1) is 15.4. The van der Waals surface area contributed by atoms with Crippen molar-refractivity contribution in [3.05, 3.63) is 0 Å². The number of rotatable bonds is 5. The smallest absolute Gasteiger partial charge is 0.221 e. The topological polar surface area (TPSA) is 50.4 Å². The summed E-state index contributed by atoms with van der Waals surface area (Å²) >= 11 is 0. The molecule has 4 nitrogen and oxygen atoms in total. The van der Waals surface area contributed by atoms with Gasteiger partial charge in [-0.15, -0.1) is 0 Å². The van der Waals surface area contributed by atoms with Crippen molar-refractivity contribution in [2.45, 2.75) is 65.1 Å². The van der Waals surface area contributed by atoms with Gasteiger partial charge in [0.05, 0.1) is 6.10 Å². The van der Waals surface area contributed by atoms with E-state index in [9.17, 15) is 4.79 Å². The van der Waals surface area contributed by atoms with E-state index in [1.165, 1.54) is 0 Å². The van der Waals surface area contributed by atoms with Crippen LogP contribution in [0.3, 0.4) is 0 Å². The van der Waals surface area contributed by atoms with E-state index in [4.69, 9.17) is 4.74 Å². The Bertz CT molecular complexity index is 295. The number of amides is 1. The molecule has 4 heteroatoms. The molecule has 0 aromatic heterocycles. The van der Waals surface area contributed by atoms with Crippen LogP contribution in [0.1, 0.15) is 47.5 Å². The Labute approximate surface area is 111 Å². The molecule has 0 aromatic rings. The van der Waals surface area contributed by atoms with E-state index >= 15 is 0 Å². The van der Waals surface area contributed by atoms with Crippen molar-refractivity contribution >= 4 is 5.91 Å². The van der Waals surface area contributed by atoms with E-state index in [2.05, 4.69) is 45.3 Å². The predicted molar refractivity (Wildman–Crippen MR) is 73.5 cm³/mol. The fourth-order valence-corrected chi connectivity index (χ4v) is 2.35. The zero-order valence-electron chi connectivity index (χ0n) is 12.6. The Hall–Kier alpha value is -0.610. The second kappa shape index (κ2) is 5.57. The van der Waals surface area contributed by atoms with E-state index in [0.717, 1.165) is 13.0 Å². The largest absolute Gasteiger partial charge is 0.381 e. The molecule has 106 valence electrons. The Kier molecular flexibility index (Phi) is 4.78. The van der Waals surface area contributed by atoms with Gasteiger partial charge in [-0.2, -0.15) is 0 Å². The van der Waals surface area contributed by atoms with Crippen molar-refractivity contribution in [3.8, 4) is 0 Å². The van der Waals surface area contributed by atoms with Crippen molar-refractivity contribution in [2.24, 2.45) is 5.41 Å². The van der Waals surface area contributed by atoms with Crippen LogP contribution in [0.2, 0.25) is 0 Å². The lowest BCUT2D eigenvalue weighted by Gasteiger charge is -2.51. The van der Waals surface area contributed by atoms with E-state index in [1.54, 1.807) is 7.11 Å². The first-order valence-electron chi connectivity index (χ1n) is 6.74. The highest BCUT2D eigenvalue weighted by molar-refractivity contribution is 5.76. The molecule has 1 amide bonds. The third-order valence-corrected chi connectivity index (χ3v) is 3.80. The quantitative estimate of drug-likeness (QED) is 0.787. The minimum absolute atomic E-state index is 0.0435.